The lowest BCUT2D eigenvalue weighted by Gasteiger charge is -2.21. The predicted octanol–water partition coefficient (Wildman–Crippen LogP) is 2.80. The molecule has 1 heterocycles. The molecule has 0 saturated heterocycles. The molecule has 0 bridgehead atoms. The van der Waals surface area contributed by atoms with Crippen LogP contribution in [-0.2, 0) is 10.0 Å². The lowest BCUT2D eigenvalue weighted by molar-refractivity contribution is 0.592. The van der Waals surface area contributed by atoms with E-state index >= 15 is 0 Å². The summed E-state index contributed by atoms with van der Waals surface area (Å²) in [5.41, 5.74) is 1.85. The third-order valence-electron chi connectivity index (χ3n) is 3.54. The van der Waals surface area contributed by atoms with Crippen LogP contribution in [0.5, 0.6) is 0 Å². The van der Waals surface area contributed by atoms with Crippen LogP contribution in [0.1, 0.15) is 5.56 Å². The molecule has 2 aromatic carbocycles. The molecule has 2 aromatic rings. The van der Waals surface area contributed by atoms with Crippen molar-refractivity contribution in [2.75, 3.05) is 18.0 Å². The van der Waals surface area contributed by atoms with Gasteiger partial charge in [0.25, 0.3) is 10.0 Å². The molecule has 0 amide bonds. The van der Waals surface area contributed by atoms with Crippen LogP contribution in [0.4, 0.5) is 5.69 Å². The summed E-state index contributed by atoms with van der Waals surface area (Å²) >= 11 is 5.89. The monoisotopic (exact) mass is 349 g/mol. The number of hydrogen-bond donors (Lipinski definition) is 1. The first-order valence-corrected chi connectivity index (χ1v) is 8.99. The van der Waals surface area contributed by atoms with E-state index in [2.05, 4.69) is 9.71 Å². The van der Waals surface area contributed by atoms with Crippen LogP contribution in [0.15, 0.2) is 58.4 Å². The molecule has 3 rings (SSSR count). The highest BCUT2D eigenvalue weighted by Crippen LogP contribution is 2.20. The molecule has 0 aliphatic carbocycles. The van der Waals surface area contributed by atoms with Crippen LogP contribution in [0, 0.1) is 6.92 Å². The van der Waals surface area contributed by atoms with Gasteiger partial charge in [-0.2, -0.15) is 0 Å². The molecule has 1 aliphatic heterocycles. The van der Waals surface area contributed by atoms with Crippen molar-refractivity contribution in [3.05, 3.63) is 59.1 Å². The minimum absolute atomic E-state index is 0.216. The minimum atomic E-state index is -3.66. The zero-order valence-electron chi connectivity index (χ0n) is 12.5. The van der Waals surface area contributed by atoms with Crippen LogP contribution in [0.3, 0.4) is 0 Å². The third kappa shape index (κ3) is 3.48. The molecule has 1 N–H and O–H groups in total. The van der Waals surface area contributed by atoms with Gasteiger partial charge in [0, 0.05) is 17.3 Å². The number of rotatable bonds is 3. The molecule has 1 aliphatic rings. The number of hydrogen-bond acceptors (Lipinski definition) is 4. The van der Waals surface area contributed by atoms with E-state index in [0.29, 0.717) is 24.1 Å². The van der Waals surface area contributed by atoms with Crippen LogP contribution in [0.2, 0.25) is 5.02 Å². The Labute approximate surface area is 140 Å². The van der Waals surface area contributed by atoms with E-state index in [4.69, 9.17) is 11.6 Å². The van der Waals surface area contributed by atoms with Crippen molar-refractivity contribution < 1.29 is 8.42 Å². The first-order valence-electron chi connectivity index (χ1n) is 7.13. The van der Waals surface area contributed by atoms with Gasteiger partial charge in [-0.3, -0.25) is 4.99 Å². The average molecular weight is 350 g/mol. The van der Waals surface area contributed by atoms with Crippen molar-refractivity contribution in [3.63, 3.8) is 0 Å². The highest BCUT2D eigenvalue weighted by atomic mass is 35.5. The molecule has 0 saturated carbocycles. The molecule has 0 atom stereocenters. The van der Waals surface area contributed by atoms with E-state index in [-0.39, 0.29) is 4.90 Å². The highest BCUT2D eigenvalue weighted by molar-refractivity contribution is 7.90. The maximum Gasteiger partial charge on any atom is 0.264 e. The van der Waals surface area contributed by atoms with Crippen molar-refractivity contribution in [1.29, 1.82) is 0 Å². The summed E-state index contributed by atoms with van der Waals surface area (Å²) in [6.45, 7) is 3.06. The summed E-state index contributed by atoms with van der Waals surface area (Å²) in [5.74, 6) is 0.327. The van der Waals surface area contributed by atoms with Crippen molar-refractivity contribution >= 4 is 33.3 Å². The second-order valence-electron chi connectivity index (χ2n) is 5.25. The molecular weight excluding hydrogens is 334 g/mol. The van der Waals surface area contributed by atoms with Crippen LogP contribution in [0.25, 0.3) is 0 Å². The highest BCUT2D eigenvalue weighted by Gasteiger charge is 2.24. The predicted molar refractivity (Wildman–Crippen MR) is 92.6 cm³/mol. The maximum absolute atomic E-state index is 12.5. The summed E-state index contributed by atoms with van der Waals surface area (Å²) in [6, 6.07) is 13.9. The van der Waals surface area contributed by atoms with Crippen LogP contribution >= 0.6 is 11.6 Å². The summed E-state index contributed by atoms with van der Waals surface area (Å²) < 4.78 is 27.6. The Morgan fingerprint density at radius 1 is 1.09 bits per heavy atom. The number of anilines is 1. The molecular formula is C16H16ClN3O2S. The van der Waals surface area contributed by atoms with Crippen molar-refractivity contribution in [2.24, 2.45) is 4.99 Å². The normalized spacial score (nSPS) is 14.7. The van der Waals surface area contributed by atoms with Crippen molar-refractivity contribution in [1.82, 2.24) is 4.72 Å². The zero-order valence-corrected chi connectivity index (χ0v) is 14.1. The van der Waals surface area contributed by atoms with E-state index in [1.165, 1.54) is 0 Å². The fraction of sp³-hybridized carbons (Fsp3) is 0.188. The van der Waals surface area contributed by atoms with E-state index in [9.17, 15) is 8.42 Å². The van der Waals surface area contributed by atoms with Gasteiger partial charge in [0.1, 0.15) is 0 Å². The number of nitrogens with zero attached hydrogens (tertiary/aromatic N) is 2. The van der Waals surface area contributed by atoms with Crippen LogP contribution < -0.4 is 9.62 Å². The minimum Gasteiger partial charge on any atom is -0.310 e. The Bertz CT molecular complexity index is 831. The molecule has 0 aromatic heterocycles. The zero-order chi connectivity index (χ0) is 16.4. The first-order chi connectivity index (χ1) is 11.0. The molecule has 23 heavy (non-hydrogen) atoms. The largest absolute Gasteiger partial charge is 0.310 e. The molecule has 0 unspecified atom stereocenters. The van der Waals surface area contributed by atoms with E-state index in [0.717, 1.165) is 11.3 Å². The number of benzene rings is 2. The Morgan fingerprint density at radius 3 is 2.39 bits per heavy atom. The Kier molecular flexibility index (Phi) is 4.28. The number of nitrogens with one attached hydrogen (secondary N) is 1. The summed E-state index contributed by atoms with van der Waals surface area (Å²) in [7, 11) is -3.66. The van der Waals surface area contributed by atoms with Gasteiger partial charge < -0.3 is 4.90 Å². The van der Waals surface area contributed by atoms with Crippen molar-refractivity contribution in [3.8, 4) is 0 Å². The van der Waals surface area contributed by atoms with Gasteiger partial charge >= 0.3 is 0 Å². The number of aliphatic imine (C=N–C) groups is 1. The van der Waals surface area contributed by atoms with E-state index in [1.54, 1.807) is 36.4 Å². The number of sulfonamides is 1. The quantitative estimate of drug-likeness (QED) is 0.926. The molecule has 120 valence electrons. The molecule has 7 heteroatoms. The van der Waals surface area contributed by atoms with Crippen molar-refractivity contribution in [2.45, 2.75) is 11.8 Å². The smallest absolute Gasteiger partial charge is 0.264 e. The van der Waals surface area contributed by atoms with Gasteiger partial charge in [-0.15, -0.1) is 0 Å². The molecule has 5 nitrogen and oxygen atoms in total. The van der Waals surface area contributed by atoms with Gasteiger partial charge in [0.2, 0.25) is 5.96 Å². The van der Waals surface area contributed by atoms with Crippen LogP contribution in [-0.4, -0.2) is 27.5 Å². The first kappa shape index (κ1) is 15.8. The lowest BCUT2D eigenvalue weighted by atomic mass is 10.2. The van der Waals surface area contributed by atoms with E-state index in [1.807, 2.05) is 24.0 Å². The second kappa shape index (κ2) is 6.22. The SMILES string of the molecule is Cc1ccc(S(=O)(=O)NC2=NCCN2c2ccc(Cl)cc2)cc1. The molecule has 0 fully saturated rings. The maximum atomic E-state index is 12.5. The Balaban J connectivity index is 1.83. The molecule has 0 radical (unpaired) electrons. The average Bonchev–Trinajstić information content (AvgIpc) is 2.96. The summed E-state index contributed by atoms with van der Waals surface area (Å²) in [6.07, 6.45) is 0. The van der Waals surface area contributed by atoms with Gasteiger partial charge in [0.05, 0.1) is 11.4 Å². The van der Waals surface area contributed by atoms with Gasteiger partial charge in [0.15, 0.2) is 0 Å². The fourth-order valence-corrected chi connectivity index (χ4v) is 3.46. The summed E-state index contributed by atoms with van der Waals surface area (Å²) in [5, 5.41) is 0.631. The second-order valence-corrected chi connectivity index (χ2v) is 7.37. The summed E-state index contributed by atoms with van der Waals surface area (Å²) in [4.78, 5) is 6.30. The molecule has 0 spiro atoms. The fourth-order valence-electron chi connectivity index (χ4n) is 2.30. The third-order valence-corrected chi connectivity index (χ3v) is 5.13. The Morgan fingerprint density at radius 2 is 1.74 bits per heavy atom. The Hall–Kier alpha value is -2.05. The van der Waals surface area contributed by atoms with E-state index < -0.39 is 10.0 Å². The topological polar surface area (TPSA) is 61.8 Å². The van der Waals surface area contributed by atoms with Gasteiger partial charge in [-0.1, -0.05) is 29.3 Å². The number of guanidine groups is 1. The van der Waals surface area contributed by atoms with Gasteiger partial charge in [-0.05, 0) is 43.3 Å². The number of aryl methyl sites for hydroxylation is 1. The standard InChI is InChI=1S/C16H16ClN3O2S/c1-12-2-8-15(9-3-12)23(21,22)19-16-18-10-11-20(16)14-6-4-13(17)5-7-14/h2-9H,10-11H2,1H3,(H,18,19). The number of halogens is 1. The lowest BCUT2D eigenvalue weighted by Crippen LogP contribution is -2.41. The van der Waals surface area contributed by atoms with Gasteiger partial charge in [-0.25, -0.2) is 13.1 Å².